The first kappa shape index (κ1) is 8.85. The molecule has 2 aromatic rings. The largest absolute Gasteiger partial charge is 0.257 e. The fraction of sp³-hybridized carbons (Fsp3) is 0. The molecule has 0 fully saturated rings. The molecule has 0 amide bonds. The first-order valence-corrected chi connectivity index (χ1v) is 4.01. The van der Waals surface area contributed by atoms with Crippen LogP contribution in [0.5, 0.6) is 0 Å². The Bertz CT molecular complexity index is 557. The zero-order valence-electron chi connectivity index (χ0n) is 7.49. The maximum Gasteiger partial charge on any atom is 0.235 e. The Kier molecular flexibility index (Phi) is 2.10. The van der Waals surface area contributed by atoms with Crippen molar-refractivity contribution in [2.24, 2.45) is 0 Å². The van der Waals surface area contributed by atoms with Crippen LogP contribution < -0.4 is 0 Å². The molecule has 2 rings (SSSR count). The summed E-state index contributed by atoms with van der Waals surface area (Å²) in [4.78, 5) is 11.7. The van der Waals surface area contributed by atoms with Gasteiger partial charge in [-0.05, 0) is 6.07 Å². The van der Waals surface area contributed by atoms with Crippen molar-refractivity contribution in [3.05, 3.63) is 36.2 Å². The van der Waals surface area contributed by atoms with Crippen LogP contribution in [0.3, 0.4) is 0 Å². The molecule has 0 saturated carbocycles. The Balaban J connectivity index is 2.62. The van der Waals surface area contributed by atoms with Crippen molar-refractivity contribution >= 4 is 0 Å². The highest BCUT2D eigenvalue weighted by Gasteiger charge is 2.12. The second-order valence-electron chi connectivity index (χ2n) is 2.58. The molecule has 0 aliphatic carbocycles. The molecule has 6 heteroatoms. The summed E-state index contributed by atoms with van der Waals surface area (Å²) >= 11 is 0. The minimum Gasteiger partial charge on any atom is -0.257 e. The van der Waals surface area contributed by atoms with E-state index < -0.39 is 0 Å². The van der Waals surface area contributed by atoms with Crippen LogP contribution in [0.4, 0.5) is 0 Å². The normalized spacial score (nSPS) is 9.20. The van der Waals surface area contributed by atoms with Crippen LogP contribution in [0.15, 0.2) is 24.8 Å². The van der Waals surface area contributed by atoms with Gasteiger partial charge in [-0.25, -0.2) is 15.0 Å². The molecular weight excluding hydrogens is 192 g/mol. The lowest BCUT2D eigenvalue weighted by Crippen LogP contribution is -2.01. The van der Waals surface area contributed by atoms with Crippen molar-refractivity contribution in [2.45, 2.75) is 0 Å². The Labute approximate surface area is 85.1 Å². The highest BCUT2D eigenvalue weighted by molar-refractivity contribution is 5.39. The zero-order valence-corrected chi connectivity index (χ0v) is 7.49. The summed E-state index contributed by atoms with van der Waals surface area (Å²) in [7, 11) is 0. The lowest BCUT2D eigenvalue weighted by molar-refractivity contribution is 0.913. The molecule has 0 saturated heterocycles. The summed E-state index contributed by atoms with van der Waals surface area (Å²) < 4.78 is 1.37. The van der Waals surface area contributed by atoms with Crippen LogP contribution >= 0.6 is 0 Å². The number of hydrogen-bond acceptors (Lipinski definition) is 5. The van der Waals surface area contributed by atoms with Gasteiger partial charge in [-0.15, -0.1) is 0 Å². The monoisotopic (exact) mass is 196 g/mol. The second kappa shape index (κ2) is 3.56. The highest BCUT2D eigenvalue weighted by atomic mass is 15.2. The first-order valence-electron chi connectivity index (χ1n) is 4.01. The number of aromatic nitrogens is 4. The van der Waals surface area contributed by atoms with E-state index in [1.165, 1.54) is 10.9 Å². The van der Waals surface area contributed by atoms with Crippen molar-refractivity contribution in [3.8, 4) is 18.1 Å². The average Bonchev–Trinajstić information content (AvgIpc) is 2.72. The van der Waals surface area contributed by atoms with Gasteiger partial charge in [0, 0.05) is 12.4 Å². The molecule has 0 N–H and O–H groups in total. The molecule has 0 aliphatic rings. The number of nitrogens with zero attached hydrogens (tertiary/aromatic N) is 6. The number of nitriles is 2. The number of imidazole rings is 1. The summed E-state index contributed by atoms with van der Waals surface area (Å²) in [5, 5.41) is 17.6. The third-order valence-electron chi connectivity index (χ3n) is 1.75. The topological polar surface area (TPSA) is 91.2 Å². The van der Waals surface area contributed by atoms with Gasteiger partial charge in [0.2, 0.25) is 5.95 Å². The van der Waals surface area contributed by atoms with Crippen molar-refractivity contribution in [3.63, 3.8) is 0 Å². The average molecular weight is 196 g/mol. The molecule has 0 aromatic carbocycles. The predicted octanol–water partition coefficient (Wildman–Crippen LogP) is 0.406. The van der Waals surface area contributed by atoms with E-state index in [0.29, 0.717) is 5.95 Å². The zero-order chi connectivity index (χ0) is 10.7. The molecule has 0 unspecified atom stereocenters. The number of hydrogen-bond donors (Lipinski definition) is 0. The first-order chi connectivity index (χ1) is 7.36. The highest BCUT2D eigenvalue weighted by Crippen LogP contribution is 2.08. The van der Waals surface area contributed by atoms with Crippen molar-refractivity contribution in [2.75, 3.05) is 0 Å². The Morgan fingerprint density at radius 3 is 2.40 bits per heavy atom. The van der Waals surface area contributed by atoms with E-state index in [0.717, 1.165) is 0 Å². The van der Waals surface area contributed by atoms with E-state index in [1.54, 1.807) is 18.5 Å². The molecule has 6 nitrogen and oxygen atoms in total. The van der Waals surface area contributed by atoms with E-state index in [9.17, 15) is 0 Å². The van der Waals surface area contributed by atoms with Crippen LogP contribution in [0.1, 0.15) is 11.4 Å². The Morgan fingerprint density at radius 2 is 1.80 bits per heavy atom. The molecule has 2 aromatic heterocycles. The Morgan fingerprint density at radius 1 is 1.07 bits per heavy atom. The number of rotatable bonds is 1. The van der Waals surface area contributed by atoms with Gasteiger partial charge in [0.1, 0.15) is 18.5 Å². The van der Waals surface area contributed by atoms with Crippen molar-refractivity contribution < 1.29 is 0 Å². The van der Waals surface area contributed by atoms with Gasteiger partial charge in [0.15, 0.2) is 11.4 Å². The van der Waals surface area contributed by atoms with Gasteiger partial charge in [0.25, 0.3) is 0 Å². The van der Waals surface area contributed by atoms with Crippen LogP contribution in [0.25, 0.3) is 5.95 Å². The van der Waals surface area contributed by atoms with Gasteiger partial charge >= 0.3 is 0 Å². The van der Waals surface area contributed by atoms with E-state index >= 15 is 0 Å². The predicted molar refractivity (Wildman–Crippen MR) is 48.6 cm³/mol. The Hall–Kier alpha value is -2.73. The van der Waals surface area contributed by atoms with Crippen LogP contribution in [0, 0.1) is 22.7 Å². The van der Waals surface area contributed by atoms with Gasteiger partial charge in [0.05, 0.1) is 0 Å². The quantitative estimate of drug-likeness (QED) is 0.658. The molecule has 15 heavy (non-hydrogen) atoms. The molecule has 0 radical (unpaired) electrons. The van der Waals surface area contributed by atoms with Crippen LogP contribution in [-0.4, -0.2) is 19.5 Å². The molecule has 0 bridgehead atoms. The summed E-state index contributed by atoms with van der Waals surface area (Å²) in [5.74, 6) is 0.322. The standard InChI is InChI=1S/C9H4N6/c10-4-7-8(5-11)15(6-14-7)9-12-2-1-3-13-9/h1-3,6H. The second-order valence-corrected chi connectivity index (χ2v) is 2.58. The van der Waals surface area contributed by atoms with Crippen LogP contribution in [-0.2, 0) is 0 Å². The molecular formula is C9H4N6. The van der Waals surface area contributed by atoms with Crippen molar-refractivity contribution in [1.29, 1.82) is 10.5 Å². The van der Waals surface area contributed by atoms with Gasteiger partial charge in [-0.2, -0.15) is 10.5 Å². The van der Waals surface area contributed by atoms with Crippen LogP contribution in [0.2, 0.25) is 0 Å². The molecule has 0 atom stereocenters. The molecule has 0 aliphatic heterocycles. The minimum atomic E-state index is 0.0740. The van der Waals surface area contributed by atoms with E-state index in [-0.39, 0.29) is 11.4 Å². The molecule has 70 valence electrons. The van der Waals surface area contributed by atoms with Gasteiger partial charge in [-0.3, -0.25) is 4.57 Å². The van der Waals surface area contributed by atoms with Gasteiger partial charge < -0.3 is 0 Å². The fourth-order valence-corrected chi connectivity index (χ4v) is 1.10. The van der Waals surface area contributed by atoms with E-state index in [2.05, 4.69) is 15.0 Å². The molecule has 2 heterocycles. The van der Waals surface area contributed by atoms with E-state index in [4.69, 9.17) is 10.5 Å². The maximum absolute atomic E-state index is 8.86. The summed E-state index contributed by atoms with van der Waals surface area (Å²) in [6, 6.07) is 5.38. The summed E-state index contributed by atoms with van der Waals surface area (Å²) in [5.41, 5.74) is 0.216. The lowest BCUT2D eigenvalue weighted by Gasteiger charge is -1.98. The van der Waals surface area contributed by atoms with Crippen molar-refractivity contribution in [1.82, 2.24) is 19.5 Å². The van der Waals surface area contributed by atoms with E-state index in [1.807, 2.05) is 12.1 Å². The SMILES string of the molecule is N#Cc1ncn(-c2ncccn2)c1C#N. The molecule has 0 spiro atoms. The van der Waals surface area contributed by atoms with Gasteiger partial charge in [-0.1, -0.05) is 0 Å². The third-order valence-corrected chi connectivity index (χ3v) is 1.75. The maximum atomic E-state index is 8.86. The minimum absolute atomic E-state index is 0.0740. The summed E-state index contributed by atoms with van der Waals surface area (Å²) in [6.07, 6.45) is 4.46. The smallest absolute Gasteiger partial charge is 0.235 e. The summed E-state index contributed by atoms with van der Waals surface area (Å²) in [6.45, 7) is 0. The third kappa shape index (κ3) is 1.40. The lowest BCUT2D eigenvalue weighted by atomic mass is 10.3. The fourth-order valence-electron chi connectivity index (χ4n) is 1.10.